The Hall–Kier alpha value is -4.14. The molecule has 0 saturated carbocycles. The van der Waals surface area contributed by atoms with E-state index in [1.54, 1.807) is 24.7 Å². The molecule has 3 aromatic rings. The summed E-state index contributed by atoms with van der Waals surface area (Å²) in [6.45, 7) is 4.89. The zero-order valence-corrected chi connectivity index (χ0v) is 18.3. The van der Waals surface area contributed by atoms with E-state index in [1.807, 2.05) is 48.2 Å². The van der Waals surface area contributed by atoms with Crippen molar-refractivity contribution in [1.82, 2.24) is 19.9 Å². The zero-order chi connectivity index (χ0) is 22.6. The Bertz CT molecular complexity index is 1190. The van der Waals surface area contributed by atoms with Crippen molar-refractivity contribution in [3.8, 4) is 11.5 Å². The van der Waals surface area contributed by atoms with E-state index >= 15 is 0 Å². The van der Waals surface area contributed by atoms with Crippen molar-refractivity contribution in [2.24, 2.45) is 0 Å². The van der Waals surface area contributed by atoms with Gasteiger partial charge in [0, 0.05) is 44.5 Å². The molecule has 1 fully saturated rings. The molecular weight excluding hydrogens is 420 g/mol. The van der Waals surface area contributed by atoms with Gasteiger partial charge in [-0.15, -0.1) is 0 Å². The summed E-state index contributed by atoms with van der Waals surface area (Å²) in [4.78, 5) is 29.7. The second-order valence-corrected chi connectivity index (χ2v) is 7.86. The third-order valence-corrected chi connectivity index (χ3v) is 5.55. The average Bonchev–Trinajstić information content (AvgIpc) is 3.31. The van der Waals surface area contributed by atoms with E-state index in [9.17, 15) is 4.79 Å². The highest BCUT2D eigenvalue weighted by atomic mass is 16.7. The molecule has 2 aromatic heterocycles. The van der Waals surface area contributed by atoms with Crippen LogP contribution in [0.15, 0.2) is 55.0 Å². The normalized spacial score (nSPS) is 15.2. The summed E-state index contributed by atoms with van der Waals surface area (Å²) < 4.78 is 10.7. The lowest BCUT2D eigenvalue weighted by Gasteiger charge is -2.35. The van der Waals surface area contributed by atoms with E-state index < -0.39 is 0 Å². The minimum Gasteiger partial charge on any atom is -0.454 e. The van der Waals surface area contributed by atoms with Crippen molar-refractivity contribution in [1.29, 1.82) is 0 Å². The second kappa shape index (κ2) is 9.15. The summed E-state index contributed by atoms with van der Waals surface area (Å²) in [6, 6.07) is 11.4. The molecular formula is C24H24N6O3. The summed E-state index contributed by atoms with van der Waals surface area (Å²) in [5, 5.41) is 3.22. The number of benzene rings is 1. The van der Waals surface area contributed by atoms with Gasteiger partial charge in [-0.05, 0) is 48.4 Å². The Labute approximate surface area is 191 Å². The minimum atomic E-state index is -0.0112. The second-order valence-electron chi connectivity index (χ2n) is 7.86. The number of aromatic nitrogens is 3. The largest absolute Gasteiger partial charge is 0.454 e. The molecule has 0 radical (unpaired) electrons. The van der Waals surface area contributed by atoms with E-state index in [2.05, 4.69) is 25.2 Å². The zero-order valence-electron chi connectivity index (χ0n) is 18.3. The third-order valence-electron chi connectivity index (χ3n) is 5.55. The molecule has 1 amide bonds. The quantitative estimate of drug-likeness (QED) is 0.601. The molecule has 33 heavy (non-hydrogen) atoms. The number of nitrogens with one attached hydrogen (secondary N) is 1. The Balaban J connectivity index is 1.17. The summed E-state index contributed by atoms with van der Waals surface area (Å²) in [5.74, 6) is 3.67. The van der Waals surface area contributed by atoms with Gasteiger partial charge in [0.15, 0.2) is 11.5 Å². The van der Waals surface area contributed by atoms with Crippen molar-refractivity contribution in [2.45, 2.75) is 6.92 Å². The van der Waals surface area contributed by atoms with Crippen molar-refractivity contribution < 1.29 is 14.3 Å². The first-order chi connectivity index (χ1) is 16.1. The molecule has 0 spiro atoms. The fourth-order valence-corrected chi connectivity index (χ4v) is 3.77. The van der Waals surface area contributed by atoms with Crippen molar-refractivity contribution in [3.63, 3.8) is 0 Å². The Morgan fingerprint density at radius 3 is 2.64 bits per heavy atom. The van der Waals surface area contributed by atoms with Crippen LogP contribution in [0.25, 0.3) is 6.08 Å². The number of nitrogens with zero attached hydrogens (tertiary/aromatic N) is 5. The van der Waals surface area contributed by atoms with Crippen LogP contribution >= 0.6 is 0 Å². The maximum absolute atomic E-state index is 12.7. The fraction of sp³-hybridized carbons (Fsp3) is 0.250. The Kier molecular flexibility index (Phi) is 5.75. The standard InChI is InChI=1S/C24H24N6O3/c1-17-6-7-25-21(12-17)28-22-14-23(27-15-26-22)29-8-10-30(11-9-29)24(31)5-3-18-2-4-19-20(13-18)33-16-32-19/h2-7,12-15H,8-11,16H2,1H3,(H,25,26,27,28)/b5-3+. The molecule has 1 aromatic carbocycles. The van der Waals surface area contributed by atoms with Gasteiger partial charge in [-0.3, -0.25) is 4.79 Å². The highest BCUT2D eigenvalue weighted by Crippen LogP contribution is 2.32. The number of hydrogen-bond donors (Lipinski definition) is 1. The van der Waals surface area contributed by atoms with Gasteiger partial charge in [-0.1, -0.05) is 6.07 Å². The molecule has 9 nitrogen and oxygen atoms in total. The molecule has 0 aliphatic carbocycles. The first-order valence-electron chi connectivity index (χ1n) is 10.8. The SMILES string of the molecule is Cc1ccnc(Nc2cc(N3CCN(C(=O)/C=C/c4ccc5c(c4)OCO5)CC3)ncn2)c1. The number of fused-ring (bicyclic) bond motifs is 1. The van der Waals surface area contributed by atoms with Crippen LogP contribution in [-0.4, -0.2) is 58.7 Å². The van der Waals surface area contributed by atoms with E-state index in [1.165, 1.54) is 0 Å². The predicted molar refractivity (Wildman–Crippen MR) is 125 cm³/mol. The lowest BCUT2D eigenvalue weighted by molar-refractivity contribution is -0.126. The third kappa shape index (κ3) is 4.87. The van der Waals surface area contributed by atoms with Gasteiger partial charge in [0.2, 0.25) is 12.7 Å². The minimum absolute atomic E-state index is 0.0112. The monoisotopic (exact) mass is 444 g/mol. The predicted octanol–water partition coefficient (Wildman–Crippen LogP) is 3.01. The van der Waals surface area contributed by atoms with Gasteiger partial charge in [0.25, 0.3) is 0 Å². The van der Waals surface area contributed by atoms with Crippen LogP contribution in [0.5, 0.6) is 11.5 Å². The maximum atomic E-state index is 12.7. The number of piperazine rings is 1. The number of ether oxygens (including phenoxy) is 2. The smallest absolute Gasteiger partial charge is 0.246 e. The van der Waals surface area contributed by atoms with E-state index in [0.29, 0.717) is 37.7 Å². The molecule has 0 bridgehead atoms. The molecule has 1 N–H and O–H groups in total. The molecule has 168 valence electrons. The summed E-state index contributed by atoms with van der Waals surface area (Å²) >= 11 is 0. The topological polar surface area (TPSA) is 92.7 Å². The van der Waals surface area contributed by atoms with Crippen LogP contribution < -0.4 is 19.7 Å². The molecule has 0 atom stereocenters. The van der Waals surface area contributed by atoms with Crippen LogP contribution in [0.1, 0.15) is 11.1 Å². The molecule has 1 saturated heterocycles. The molecule has 4 heterocycles. The van der Waals surface area contributed by atoms with Crippen molar-refractivity contribution >= 4 is 29.4 Å². The first-order valence-corrected chi connectivity index (χ1v) is 10.8. The van der Waals surface area contributed by atoms with Gasteiger partial charge in [0.1, 0.15) is 23.8 Å². The summed E-state index contributed by atoms with van der Waals surface area (Å²) in [7, 11) is 0. The molecule has 0 unspecified atom stereocenters. The number of carbonyl (C=O) groups excluding carboxylic acids is 1. The van der Waals surface area contributed by atoms with Crippen LogP contribution in [-0.2, 0) is 4.79 Å². The number of pyridine rings is 1. The van der Waals surface area contributed by atoms with Gasteiger partial charge < -0.3 is 24.6 Å². The number of carbonyl (C=O) groups is 1. The van der Waals surface area contributed by atoms with Crippen LogP contribution in [0, 0.1) is 6.92 Å². The molecule has 2 aliphatic heterocycles. The van der Waals surface area contributed by atoms with Gasteiger partial charge in [-0.2, -0.15) is 0 Å². The van der Waals surface area contributed by atoms with Crippen LogP contribution in [0.3, 0.4) is 0 Å². The van der Waals surface area contributed by atoms with Gasteiger partial charge >= 0.3 is 0 Å². The highest BCUT2D eigenvalue weighted by molar-refractivity contribution is 5.92. The number of rotatable bonds is 5. The van der Waals surface area contributed by atoms with E-state index in [0.717, 1.165) is 28.5 Å². The van der Waals surface area contributed by atoms with Crippen LogP contribution in [0.4, 0.5) is 17.5 Å². The molecule has 5 rings (SSSR count). The first kappa shape index (κ1) is 20.7. The number of aryl methyl sites for hydroxylation is 1. The number of amides is 1. The fourth-order valence-electron chi connectivity index (χ4n) is 3.77. The summed E-state index contributed by atoms with van der Waals surface area (Å²) in [6.07, 6.45) is 6.71. The lowest BCUT2D eigenvalue weighted by atomic mass is 10.2. The Morgan fingerprint density at radius 2 is 1.79 bits per heavy atom. The Morgan fingerprint density at radius 1 is 0.970 bits per heavy atom. The average molecular weight is 444 g/mol. The van der Waals surface area contributed by atoms with Gasteiger partial charge in [0.05, 0.1) is 0 Å². The molecule has 9 heteroatoms. The van der Waals surface area contributed by atoms with E-state index in [-0.39, 0.29) is 12.7 Å². The highest BCUT2D eigenvalue weighted by Gasteiger charge is 2.21. The van der Waals surface area contributed by atoms with E-state index in [4.69, 9.17) is 9.47 Å². The number of anilines is 3. The van der Waals surface area contributed by atoms with Gasteiger partial charge in [-0.25, -0.2) is 15.0 Å². The van der Waals surface area contributed by atoms with Crippen LogP contribution in [0.2, 0.25) is 0 Å². The number of hydrogen-bond acceptors (Lipinski definition) is 8. The lowest BCUT2D eigenvalue weighted by Crippen LogP contribution is -2.48. The maximum Gasteiger partial charge on any atom is 0.246 e. The van der Waals surface area contributed by atoms with Crippen molar-refractivity contribution in [3.05, 3.63) is 66.1 Å². The van der Waals surface area contributed by atoms with Crippen molar-refractivity contribution in [2.75, 3.05) is 43.2 Å². The summed E-state index contributed by atoms with van der Waals surface area (Å²) in [5.41, 5.74) is 2.02. The molecule has 2 aliphatic rings.